The summed E-state index contributed by atoms with van der Waals surface area (Å²) in [5.41, 5.74) is 5.32. The Morgan fingerprint density at radius 1 is 1.26 bits per heavy atom. The van der Waals surface area contributed by atoms with Crippen LogP contribution in [0.4, 0.5) is 5.69 Å². The molecule has 1 aromatic heterocycles. The number of aryl methyl sites for hydroxylation is 3. The SMILES string of the molecule is CC(=O)Nc1cn[nH]c1C1CCCN(C(=O)CCc2cc(C)cc(C)c2)C1. The van der Waals surface area contributed by atoms with Gasteiger partial charge in [0.05, 0.1) is 17.6 Å². The second kappa shape index (κ2) is 8.37. The summed E-state index contributed by atoms with van der Waals surface area (Å²) in [5.74, 6) is 0.252. The fourth-order valence-corrected chi connectivity index (χ4v) is 3.96. The maximum Gasteiger partial charge on any atom is 0.222 e. The van der Waals surface area contributed by atoms with Gasteiger partial charge in [-0.1, -0.05) is 29.3 Å². The van der Waals surface area contributed by atoms with E-state index in [0.29, 0.717) is 13.0 Å². The highest BCUT2D eigenvalue weighted by atomic mass is 16.2. The third kappa shape index (κ3) is 4.96. The van der Waals surface area contributed by atoms with Crippen LogP contribution in [0.15, 0.2) is 24.4 Å². The smallest absolute Gasteiger partial charge is 0.222 e. The van der Waals surface area contributed by atoms with E-state index in [4.69, 9.17) is 0 Å². The van der Waals surface area contributed by atoms with Crippen molar-refractivity contribution in [3.05, 3.63) is 46.8 Å². The molecule has 1 atom stereocenters. The maximum atomic E-state index is 12.7. The number of amides is 2. The molecule has 0 aliphatic carbocycles. The molecule has 2 heterocycles. The fourth-order valence-electron chi connectivity index (χ4n) is 3.96. The number of nitrogens with zero attached hydrogens (tertiary/aromatic N) is 2. The van der Waals surface area contributed by atoms with Gasteiger partial charge in [0.15, 0.2) is 0 Å². The molecule has 1 aliphatic rings. The zero-order valence-electron chi connectivity index (χ0n) is 16.3. The summed E-state index contributed by atoms with van der Waals surface area (Å²) in [6.45, 7) is 7.13. The van der Waals surface area contributed by atoms with Gasteiger partial charge in [0, 0.05) is 32.4 Å². The third-order valence-corrected chi connectivity index (χ3v) is 5.07. The van der Waals surface area contributed by atoms with Crippen LogP contribution in [0.5, 0.6) is 0 Å². The fraction of sp³-hybridized carbons (Fsp3) is 0.476. The molecule has 0 saturated carbocycles. The summed E-state index contributed by atoms with van der Waals surface area (Å²) in [5, 5.41) is 9.89. The van der Waals surface area contributed by atoms with Crippen LogP contribution < -0.4 is 5.32 Å². The van der Waals surface area contributed by atoms with Gasteiger partial charge in [0.25, 0.3) is 0 Å². The normalized spacial score (nSPS) is 17.0. The number of nitrogens with one attached hydrogen (secondary N) is 2. The van der Waals surface area contributed by atoms with E-state index in [1.165, 1.54) is 23.6 Å². The molecule has 1 fully saturated rings. The van der Waals surface area contributed by atoms with Crippen molar-refractivity contribution in [3.8, 4) is 0 Å². The number of likely N-dealkylation sites (tertiary alicyclic amines) is 1. The average molecular weight is 368 g/mol. The molecule has 2 N–H and O–H groups in total. The van der Waals surface area contributed by atoms with Crippen LogP contribution >= 0.6 is 0 Å². The van der Waals surface area contributed by atoms with Crippen molar-refractivity contribution in [1.82, 2.24) is 15.1 Å². The second-order valence-electron chi connectivity index (χ2n) is 7.55. The van der Waals surface area contributed by atoms with Gasteiger partial charge in [0.1, 0.15) is 0 Å². The lowest BCUT2D eigenvalue weighted by Crippen LogP contribution is -2.39. The van der Waals surface area contributed by atoms with Gasteiger partial charge in [-0.25, -0.2) is 0 Å². The molecule has 2 aromatic rings. The van der Waals surface area contributed by atoms with Crippen LogP contribution in [0.1, 0.15) is 54.5 Å². The highest BCUT2D eigenvalue weighted by molar-refractivity contribution is 5.89. The molecule has 144 valence electrons. The van der Waals surface area contributed by atoms with Crippen molar-refractivity contribution in [2.24, 2.45) is 0 Å². The Kier molecular flexibility index (Phi) is 5.94. The van der Waals surface area contributed by atoms with Crippen molar-refractivity contribution < 1.29 is 9.59 Å². The van der Waals surface area contributed by atoms with Gasteiger partial charge in [0.2, 0.25) is 11.8 Å². The van der Waals surface area contributed by atoms with Crippen LogP contribution in [0.3, 0.4) is 0 Å². The Bertz CT molecular complexity index is 807. The molecule has 1 unspecified atom stereocenters. The first-order valence-electron chi connectivity index (χ1n) is 9.58. The summed E-state index contributed by atoms with van der Waals surface area (Å²) in [7, 11) is 0. The number of H-pyrrole nitrogens is 1. The molecule has 0 spiro atoms. The molecule has 3 rings (SSSR count). The number of aromatic nitrogens is 2. The largest absolute Gasteiger partial charge is 0.342 e. The molecular weight excluding hydrogens is 340 g/mol. The minimum absolute atomic E-state index is 0.116. The summed E-state index contributed by atoms with van der Waals surface area (Å²) in [6.07, 6.45) is 4.87. The van der Waals surface area contributed by atoms with E-state index in [9.17, 15) is 9.59 Å². The lowest BCUT2D eigenvalue weighted by Gasteiger charge is -2.32. The number of anilines is 1. The summed E-state index contributed by atoms with van der Waals surface area (Å²) < 4.78 is 0. The van der Waals surface area contributed by atoms with Gasteiger partial charge >= 0.3 is 0 Å². The minimum atomic E-state index is -0.116. The molecule has 6 nitrogen and oxygen atoms in total. The zero-order valence-corrected chi connectivity index (χ0v) is 16.3. The topological polar surface area (TPSA) is 78.1 Å². The van der Waals surface area contributed by atoms with E-state index in [1.807, 2.05) is 4.90 Å². The molecule has 1 aliphatic heterocycles. The zero-order chi connectivity index (χ0) is 19.4. The monoisotopic (exact) mass is 368 g/mol. The van der Waals surface area contributed by atoms with E-state index in [2.05, 4.69) is 47.6 Å². The summed E-state index contributed by atoms with van der Waals surface area (Å²) >= 11 is 0. The molecule has 0 radical (unpaired) electrons. The molecular formula is C21H28N4O2. The van der Waals surface area contributed by atoms with Crippen LogP contribution in [0, 0.1) is 13.8 Å². The van der Waals surface area contributed by atoms with Crippen molar-refractivity contribution in [2.75, 3.05) is 18.4 Å². The van der Waals surface area contributed by atoms with E-state index >= 15 is 0 Å². The van der Waals surface area contributed by atoms with Crippen molar-refractivity contribution in [2.45, 2.75) is 52.4 Å². The van der Waals surface area contributed by atoms with Crippen molar-refractivity contribution in [1.29, 1.82) is 0 Å². The Morgan fingerprint density at radius 2 is 2.00 bits per heavy atom. The lowest BCUT2D eigenvalue weighted by molar-refractivity contribution is -0.132. The number of carbonyl (C=O) groups is 2. The number of piperidine rings is 1. The van der Waals surface area contributed by atoms with E-state index < -0.39 is 0 Å². The Balaban J connectivity index is 1.61. The predicted molar refractivity (Wildman–Crippen MR) is 106 cm³/mol. The number of hydrogen-bond donors (Lipinski definition) is 2. The van der Waals surface area contributed by atoms with Crippen molar-refractivity contribution >= 4 is 17.5 Å². The predicted octanol–water partition coefficient (Wildman–Crippen LogP) is 3.32. The first-order valence-corrected chi connectivity index (χ1v) is 9.58. The van der Waals surface area contributed by atoms with Gasteiger partial charge in [-0.2, -0.15) is 5.10 Å². The minimum Gasteiger partial charge on any atom is -0.342 e. The Hall–Kier alpha value is -2.63. The average Bonchev–Trinajstić information content (AvgIpc) is 3.06. The highest BCUT2D eigenvalue weighted by Gasteiger charge is 2.27. The quantitative estimate of drug-likeness (QED) is 0.850. The molecule has 27 heavy (non-hydrogen) atoms. The van der Waals surface area contributed by atoms with Crippen LogP contribution in [0.2, 0.25) is 0 Å². The van der Waals surface area contributed by atoms with E-state index in [1.54, 1.807) is 6.20 Å². The lowest BCUT2D eigenvalue weighted by atomic mass is 9.93. The Morgan fingerprint density at radius 3 is 2.70 bits per heavy atom. The van der Waals surface area contributed by atoms with Crippen molar-refractivity contribution in [3.63, 3.8) is 0 Å². The second-order valence-corrected chi connectivity index (χ2v) is 7.55. The van der Waals surface area contributed by atoms with Gasteiger partial charge in [-0.05, 0) is 38.7 Å². The van der Waals surface area contributed by atoms with Gasteiger partial charge < -0.3 is 10.2 Å². The maximum absolute atomic E-state index is 12.7. The molecule has 2 amide bonds. The third-order valence-electron chi connectivity index (χ3n) is 5.07. The van der Waals surface area contributed by atoms with E-state index in [-0.39, 0.29) is 17.7 Å². The number of aromatic amines is 1. The first-order chi connectivity index (χ1) is 12.9. The molecule has 1 saturated heterocycles. The van der Waals surface area contributed by atoms with Gasteiger partial charge in [-0.15, -0.1) is 0 Å². The molecule has 1 aromatic carbocycles. The molecule has 0 bridgehead atoms. The molecule has 6 heteroatoms. The number of carbonyl (C=O) groups excluding carboxylic acids is 2. The number of hydrogen-bond acceptors (Lipinski definition) is 3. The van der Waals surface area contributed by atoms with Crippen LogP contribution in [-0.2, 0) is 16.0 Å². The first kappa shape index (κ1) is 19.1. The van der Waals surface area contributed by atoms with Gasteiger partial charge in [-0.3, -0.25) is 14.7 Å². The number of rotatable bonds is 5. The summed E-state index contributed by atoms with van der Waals surface area (Å²) in [6, 6.07) is 6.46. The standard InChI is InChI=1S/C21H28N4O2/c1-14-9-15(2)11-17(10-14)6-7-20(27)25-8-4-5-18(13-25)21-19(12-22-24-21)23-16(3)26/h9-12,18H,4-8,13H2,1-3H3,(H,22,24)(H,23,26). The van der Waals surface area contributed by atoms with Crippen LogP contribution in [0.25, 0.3) is 0 Å². The number of benzene rings is 1. The highest BCUT2D eigenvalue weighted by Crippen LogP contribution is 2.30. The van der Waals surface area contributed by atoms with Crippen LogP contribution in [-0.4, -0.2) is 40.0 Å². The Labute approximate surface area is 160 Å². The summed E-state index contributed by atoms with van der Waals surface area (Å²) in [4.78, 5) is 26.1. The van der Waals surface area contributed by atoms with E-state index in [0.717, 1.165) is 37.2 Å².